The molecule has 0 aliphatic carbocycles. The van der Waals surface area contributed by atoms with Crippen molar-refractivity contribution in [2.75, 3.05) is 13.7 Å². The maximum absolute atomic E-state index is 12.0. The minimum Gasteiger partial charge on any atom is -0.383 e. The Kier molecular flexibility index (Phi) is 5.92. The maximum atomic E-state index is 12.0. The molecule has 2 unspecified atom stereocenters. The zero-order chi connectivity index (χ0) is 14.4. The molecule has 3 N–H and O–H groups in total. The van der Waals surface area contributed by atoms with E-state index in [2.05, 4.69) is 10.3 Å². The van der Waals surface area contributed by atoms with Crippen molar-refractivity contribution in [3.05, 3.63) is 29.6 Å². The van der Waals surface area contributed by atoms with E-state index in [1.165, 1.54) is 7.11 Å². The van der Waals surface area contributed by atoms with E-state index in [-0.39, 0.29) is 24.5 Å². The molecule has 106 valence electrons. The highest BCUT2D eigenvalue weighted by atomic mass is 16.5. The van der Waals surface area contributed by atoms with Crippen molar-refractivity contribution in [3.8, 4) is 0 Å². The normalized spacial score (nSPS) is 14.2. The molecular formula is C14H23N3O2. The Balaban J connectivity index is 2.86. The van der Waals surface area contributed by atoms with Crippen LogP contribution in [0.15, 0.2) is 18.3 Å². The summed E-state index contributed by atoms with van der Waals surface area (Å²) in [5.74, 6) is 0.0119. The highest BCUT2D eigenvalue weighted by molar-refractivity contribution is 5.82. The van der Waals surface area contributed by atoms with Crippen molar-refractivity contribution in [3.63, 3.8) is 0 Å². The molecule has 0 aliphatic heterocycles. The second-order valence-corrected chi connectivity index (χ2v) is 5.00. The van der Waals surface area contributed by atoms with Crippen LogP contribution in [0.3, 0.4) is 0 Å². The lowest BCUT2D eigenvalue weighted by Crippen LogP contribution is -2.46. The fraction of sp³-hybridized carbons (Fsp3) is 0.571. The van der Waals surface area contributed by atoms with E-state index in [1.807, 2.05) is 32.9 Å². The predicted molar refractivity (Wildman–Crippen MR) is 74.5 cm³/mol. The number of nitrogens with one attached hydrogen (secondary N) is 1. The van der Waals surface area contributed by atoms with Crippen molar-refractivity contribution in [1.82, 2.24) is 10.3 Å². The molecule has 19 heavy (non-hydrogen) atoms. The van der Waals surface area contributed by atoms with Gasteiger partial charge in [0.05, 0.1) is 18.3 Å². The third kappa shape index (κ3) is 4.29. The van der Waals surface area contributed by atoms with Crippen LogP contribution < -0.4 is 11.1 Å². The number of nitrogens with two attached hydrogens (primary N) is 1. The molecule has 0 fully saturated rings. The molecule has 0 aromatic carbocycles. The molecule has 5 nitrogen and oxygen atoms in total. The van der Waals surface area contributed by atoms with Gasteiger partial charge in [-0.05, 0) is 24.5 Å². The fourth-order valence-electron chi connectivity index (χ4n) is 1.89. The van der Waals surface area contributed by atoms with E-state index >= 15 is 0 Å². The van der Waals surface area contributed by atoms with E-state index in [4.69, 9.17) is 10.5 Å². The third-order valence-electron chi connectivity index (χ3n) is 2.99. The van der Waals surface area contributed by atoms with Crippen LogP contribution in [0.1, 0.15) is 31.1 Å². The monoisotopic (exact) mass is 265 g/mol. The molecule has 5 heteroatoms. The van der Waals surface area contributed by atoms with Gasteiger partial charge in [0.25, 0.3) is 0 Å². The minimum absolute atomic E-state index is 0.142. The first-order valence-corrected chi connectivity index (χ1v) is 6.43. The Hall–Kier alpha value is -1.46. The number of rotatable bonds is 6. The van der Waals surface area contributed by atoms with Crippen LogP contribution in [0, 0.1) is 12.8 Å². The average Bonchev–Trinajstić information content (AvgIpc) is 2.36. The van der Waals surface area contributed by atoms with Gasteiger partial charge in [-0.1, -0.05) is 19.9 Å². The maximum Gasteiger partial charge on any atom is 0.239 e. The van der Waals surface area contributed by atoms with Crippen LogP contribution in [0.2, 0.25) is 0 Å². The van der Waals surface area contributed by atoms with Crippen molar-refractivity contribution in [2.45, 2.75) is 32.9 Å². The summed E-state index contributed by atoms with van der Waals surface area (Å²) in [5, 5.41) is 2.95. The molecule has 0 saturated carbocycles. The molecule has 0 spiro atoms. The summed E-state index contributed by atoms with van der Waals surface area (Å²) < 4.78 is 4.89. The topological polar surface area (TPSA) is 77.2 Å². The van der Waals surface area contributed by atoms with Crippen LogP contribution in [-0.2, 0) is 9.53 Å². The number of methoxy groups -OCH3 is 1. The van der Waals surface area contributed by atoms with Gasteiger partial charge in [0, 0.05) is 13.3 Å². The van der Waals surface area contributed by atoms with Gasteiger partial charge >= 0.3 is 0 Å². The van der Waals surface area contributed by atoms with E-state index < -0.39 is 6.04 Å². The molecule has 0 saturated heterocycles. The first-order valence-electron chi connectivity index (χ1n) is 6.43. The molecule has 1 aromatic rings. The van der Waals surface area contributed by atoms with E-state index in [0.29, 0.717) is 0 Å². The van der Waals surface area contributed by atoms with Crippen LogP contribution in [-0.4, -0.2) is 30.6 Å². The summed E-state index contributed by atoms with van der Waals surface area (Å²) in [7, 11) is 1.52. The second kappa shape index (κ2) is 7.21. The number of carbonyl (C=O) groups excluding carboxylic acids is 1. The third-order valence-corrected chi connectivity index (χ3v) is 2.99. The van der Waals surface area contributed by atoms with Gasteiger partial charge in [-0.2, -0.15) is 0 Å². The lowest BCUT2D eigenvalue weighted by molar-refractivity contribution is -0.124. The summed E-state index contributed by atoms with van der Waals surface area (Å²) in [5.41, 5.74) is 7.68. The number of aromatic nitrogens is 1. The number of hydrogen-bond donors (Lipinski definition) is 2. The summed E-state index contributed by atoms with van der Waals surface area (Å²) >= 11 is 0. The molecule has 1 amide bonds. The van der Waals surface area contributed by atoms with Crippen molar-refractivity contribution >= 4 is 5.91 Å². The van der Waals surface area contributed by atoms with Gasteiger partial charge in [0.15, 0.2) is 0 Å². The number of hydrogen-bond acceptors (Lipinski definition) is 4. The van der Waals surface area contributed by atoms with E-state index in [9.17, 15) is 4.79 Å². The van der Waals surface area contributed by atoms with Crippen LogP contribution >= 0.6 is 0 Å². The highest BCUT2D eigenvalue weighted by Crippen LogP contribution is 2.22. The first-order chi connectivity index (χ1) is 8.97. The van der Waals surface area contributed by atoms with E-state index in [0.717, 1.165) is 11.3 Å². The molecule has 1 heterocycles. The van der Waals surface area contributed by atoms with Crippen LogP contribution in [0.25, 0.3) is 0 Å². The second-order valence-electron chi connectivity index (χ2n) is 5.00. The summed E-state index contributed by atoms with van der Waals surface area (Å²) in [6, 6.07) is 3.07. The number of ether oxygens (including phenoxy) is 1. The average molecular weight is 265 g/mol. The number of carbonyl (C=O) groups is 1. The standard InChI is InChI=1S/C14H23N3O2/c1-9(2)12(13-10(3)6-5-7-16-13)17-14(18)11(15)8-19-4/h5-7,9,11-12H,8,15H2,1-4H3,(H,17,18). The molecule has 1 rings (SSSR count). The summed E-state index contributed by atoms with van der Waals surface area (Å²) in [4.78, 5) is 16.4. The number of pyridine rings is 1. The Labute approximate surface area is 114 Å². The number of amides is 1. The van der Waals surface area contributed by atoms with Gasteiger partial charge in [0.1, 0.15) is 6.04 Å². The molecule has 0 radical (unpaired) electrons. The van der Waals surface area contributed by atoms with Crippen LogP contribution in [0.5, 0.6) is 0 Å². The Morgan fingerprint density at radius 2 is 2.21 bits per heavy atom. The lowest BCUT2D eigenvalue weighted by Gasteiger charge is -2.24. The summed E-state index contributed by atoms with van der Waals surface area (Å²) in [6.45, 7) is 6.28. The van der Waals surface area contributed by atoms with Gasteiger partial charge in [0.2, 0.25) is 5.91 Å². The Morgan fingerprint density at radius 3 is 2.74 bits per heavy atom. The molecule has 2 atom stereocenters. The van der Waals surface area contributed by atoms with Crippen molar-refractivity contribution in [1.29, 1.82) is 0 Å². The van der Waals surface area contributed by atoms with Crippen molar-refractivity contribution < 1.29 is 9.53 Å². The first kappa shape index (κ1) is 15.6. The molecule has 0 bridgehead atoms. The van der Waals surface area contributed by atoms with Gasteiger partial charge < -0.3 is 15.8 Å². The molecule has 0 aliphatic rings. The molecular weight excluding hydrogens is 242 g/mol. The fourth-order valence-corrected chi connectivity index (χ4v) is 1.89. The molecule has 1 aromatic heterocycles. The van der Waals surface area contributed by atoms with Gasteiger partial charge in [-0.25, -0.2) is 0 Å². The van der Waals surface area contributed by atoms with Crippen LogP contribution in [0.4, 0.5) is 0 Å². The Bertz CT molecular complexity index is 421. The smallest absolute Gasteiger partial charge is 0.239 e. The van der Waals surface area contributed by atoms with Gasteiger partial charge in [-0.15, -0.1) is 0 Å². The van der Waals surface area contributed by atoms with E-state index in [1.54, 1.807) is 6.20 Å². The van der Waals surface area contributed by atoms with Gasteiger partial charge in [-0.3, -0.25) is 9.78 Å². The minimum atomic E-state index is -0.657. The number of aryl methyl sites for hydroxylation is 1. The highest BCUT2D eigenvalue weighted by Gasteiger charge is 2.23. The Morgan fingerprint density at radius 1 is 1.53 bits per heavy atom. The lowest BCUT2D eigenvalue weighted by atomic mass is 9.97. The zero-order valence-corrected chi connectivity index (χ0v) is 12.0. The SMILES string of the molecule is COCC(N)C(=O)NC(c1ncccc1C)C(C)C. The predicted octanol–water partition coefficient (Wildman–Crippen LogP) is 1.18. The van der Waals surface area contributed by atoms with Crippen molar-refractivity contribution in [2.24, 2.45) is 11.7 Å². The zero-order valence-electron chi connectivity index (χ0n) is 12.0. The quantitative estimate of drug-likeness (QED) is 0.809. The number of nitrogens with zero attached hydrogens (tertiary/aromatic N) is 1. The summed E-state index contributed by atoms with van der Waals surface area (Å²) in [6.07, 6.45) is 1.74. The largest absolute Gasteiger partial charge is 0.383 e.